The molecule has 0 aromatic heterocycles. The number of amides is 1. The van der Waals surface area contributed by atoms with Crippen LogP contribution in [0.25, 0.3) is 0 Å². The number of benzene rings is 1. The Morgan fingerprint density at radius 1 is 1.32 bits per heavy atom. The van der Waals surface area contributed by atoms with Gasteiger partial charge in [0.15, 0.2) is 0 Å². The van der Waals surface area contributed by atoms with E-state index >= 15 is 0 Å². The van der Waals surface area contributed by atoms with Crippen molar-refractivity contribution in [1.29, 1.82) is 0 Å². The van der Waals surface area contributed by atoms with Gasteiger partial charge in [-0.15, -0.1) is 0 Å². The first-order valence-electron chi connectivity index (χ1n) is 7.79. The van der Waals surface area contributed by atoms with Gasteiger partial charge in [-0.25, -0.2) is 0 Å². The fourth-order valence-electron chi connectivity index (χ4n) is 2.87. The minimum Gasteiger partial charge on any atom is -0.491 e. The SMILES string of the molecule is CC(C)Oc1ccc(CN2[C@H](CO)CN(C)C(=O)[C@@H]2C)cc1. The van der Waals surface area contributed by atoms with E-state index in [-0.39, 0.29) is 30.7 Å². The van der Waals surface area contributed by atoms with E-state index in [4.69, 9.17) is 4.74 Å². The van der Waals surface area contributed by atoms with Gasteiger partial charge in [0.1, 0.15) is 5.75 Å². The third-order valence-corrected chi connectivity index (χ3v) is 4.06. The minimum atomic E-state index is -0.220. The summed E-state index contributed by atoms with van der Waals surface area (Å²) >= 11 is 0. The average molecular weight is 306 g/mol. The number of piperazine rings is 1. The van der Waals surface area contributed by atoms with E-state index in [1.165, 1.54) is 0 Å². The van der Waals surface area contributed by atoms with E-state index in [2.05, 4.69) is 4.90 Å². The lowest BCUT2D eigenvalue weighted by Gasteiger charge is -2.43. The van der Waals surface area contributed by atoms with E-state index in [0.717, 1.165) is 11.3 Å². The highest BCUT2D eigenvalue weighted by molar-refractivity contribution is 5.82. The molecule has 0 spiro atoms. The molecule has 0 aliphatic carbocycles. The van der Waals surface area contributed by atoms with Gasteiger partial charge in [-0.05, 0) is 38.5 Å². The molecule has 1 amide bonds. The Balaban J connectivity index is 2.08. The van der Waals surface area contributed by atoms with Crippen LogP contribution in [0, 0.1) is 0 Å². The van der Waals surface area contributed by atoms with Crippen LogP contribution in [-0.2, 0) is 11.3 Å². The summed E-state index contributed by atoms with van der Waals surface area (Å²) in [4.78, 5) is 15.9. The largest absolute Gasteiger partial charge is 0.491 e. The van der Waals surface area contributed by atoms with Crippen LogP contribution in [0.1, 0.15) is 26.3 Å². The van der Waals surface area contributed by atoms with Crippen molar-refractivity contribution in [1.82, 2.24) is 9.80 Å². The molecule has 1 N–H and O–H groups in total. The van der Waals surface area contributed by atoms with Crippen molar-refractivity contribution in [3.63, 3.8) is 0 Å². The number of carbonyl (C=O) groups is 1. The molecule has 1 aromatic rings. The lowest BCUT2D eigenvalue weighted by atomic mass is 10.1. The van der Waals surface area contributed by atoms with Crippen molar-refractivity contribution in [3.8, 4) is 5.75 Å². The molecule has 2 rings (SSSR count). The van der Waals surface area contributed by atoms with E-state index in [9.17, 15) is 9.90 Å². The molecule has 2 atom stereocenters. The van der Waals surface area contributed by atoms with Crippen LogP contribution in [0.4, 0.5) is 0 Å². The zero-order chi connectivity index (χ0) is 16.3. The Hall–Kier alpha value is -1.59. The predicted octanol–water partition coefficient (Wildman–Crippen LogP) is 1.50. The molecule has 122 valence electrons. The highest BCUT2D eigenvalue weighted by atomic mass is 16.5. The van der Waals surface area contributed by atoms with Crippen LogP contribution >= 0.6 is 0 Å². The first kappa shape index (κ1) is 16.8. The van der Waals surface area contributed by atoms with Crippen LogP contribution < -0.4 is 4.74 Å². The standard InChI is InChI=1S/C17H26N2O3/c1-12(2)22-16-7-5-14(6-8-16)9-19-13(3)17(21)18(4)10-15(19)11-20/h5-8,12-13,15,20H,9-11H2,1-4H3/t13-,15-/m0/s1. The Bertz CT molecular complexity index is 501. The van der Waals surface area contributed by atoms with Gasteiger partial charge >= 0.3 is 0 Å². The molecule has 0 unspecified atom stereocenters. The maximum atomic E-state index is 12.1. The molecular weight excluding hydrogens is 280 g/mol. The molecule has 1 fully saturated rings. The zero-order valence-corrected chi connectivity index (χ0v) is 13.8. The number of aliphatic hydroxyl groups is 1. The van der Waals surface area contributed by atoms with Crippen LogP contribution in [0.2, 0.25) is 0 Å². The molecule has 5 nitrogen and oxygen atoms in total. The second kappa shape index (κ2) is 7.11. The molecule has 22 heavy (non-hydrogen) atoms. The summed E-state index contributed by atoms with van der Waals surface area (Å²) in [5, 5.41) is 9.60. The van der Waals surface area contributed by atoms with Crippen LogP contribution in [0.5, 0.6) is 5.75 Å². The van der Waals surface area contributed by atoms with Crippen LogP contribution in [-0.4, -0.2) is 59.2 Å². The molecule has 0 saturated carbocycles. The minimum absolute atomic E-state index is 0.0238. The molecule has 1 heterocycles. The Morgan fingerprint density at radius 2 is 1.95 bits per heavy atom. The summed E-state index contributed by atoms with van der Waals surface area (Å²) in [6.07, 6.45) is 0.153. The van der Waals surface area contributed by atoms with Crippen molar-refractivity contribution >= 4 is 5.91 Å². The maximum Gasteiger partial charge on any atom is 0.239 e. The third-order valence-electron chi connectivity index (χ3n) is 4.06. The van der Waals surface area contributed by atoms with Crippen molar-refractivity contribution in [2.24, 2.45) is 0 Å². The summed E-state index contributed by atoms with van der Waals surface area (Å²) in [7, 11) is 1.79. The topological polar surface area (TPSA) is 53.0 Å². The van der Waals surface area contributed by atoms with Crippen molar-refractivity contribution in [2.45, 2.75) is 45.5 Å². The maximum absolute atomic E-state index is 12.1. The fraction of sp³-hybridized carbons (Fsp3) is 0.588. The van der Waals surface area contributed by atoms with Crippen LogP contribution in [0.15, 0.2) is 24.3 Å². The predicted molar refractivity (Wildman–Crippen MR) is 85.7 cm³/mol. The van der Waals surface area contributed by atoms with E-state index in [1.54, 1.807) is 11.9 Å². The van der Waals surface area contributed by atoms with Crippen molar-refractivity contribution in [3.05, 3.63) is 29.8 Å². The van der Waals surface area contributed by atoms with Gasteiger partial charge in [0.05, 0.1) is 24.8 Å². The number of hydrogen-bond acceptors (Lipinski definition) is 4. The van der Waals surface area contributed by atoms with Crippen molar-refractivity contribution in [2.75, 3.05) is 20.2 Å². The van der Waals surface area contributed by atoms with E-state index in [1.807, 2.05) is 45.0 Å². The molecule has 1 saturated heterocycles. The van der Waals surface area contributed by atoms with Gasteiger partial charge in [-0.3, -0.25) is 9.69 Å². The molecular formula is C17H26N2O3. The molecule has 0 radical (unpaired) electrons. The third kappa shape index (κ3) is 3.78. The zero-order valence-electron chi connectivity index (χ0n) is 13.8. The summed E-state index contributed by atoms with van der Waals surface area (Å²) in [6, 6.07) is 7.69. The summed E-state index contributed by atoms with van der Waals surface area (Å²) < 4.78 is 5.64. The highest BCUT2D eigenvalue weighted by Gasteiger charge is 2.35. The molecule has 5 heteroatoms. The summed E-state index contributed by atoms with van der Waals surface area (Å²) in [6.45, 7) is 7.16. The number of carbonyl (C=O) groups excluding carboxylic acids is 1. The number of ether oxygens (including phenoxy) is 1. The van der Waals surface area contributed by atoms with Gasteiger partial charge in [0.25, 0.3) is 0 Å². The highest BCUT2D eigenvalue weighted by Crippen LogP contribution is 2.21. The van der Waals surface area contributed by atoms with Crippen molar-refractivity contribution < 1.29 is 14.6 Å². The number of aliphatic hydroxyl groups excluding tert-OH is 1. The lowest BCUT2D eigenvalue weighted by Crippen LogP contribution is -2.60. The fourth-order valence-corrected chi connectivity index (χ4v) is 2.87. The smallest absolute Gasteiger partial charge is 0.239 e. The van der Waals surface area contributed by atoms with Gasteiger partial charge < -0.3 is 14.7 Å². The van der Waals surface area contributed by atoms with Crippen LogP contribution in [0.3, 0.4) is 0 Å². The molecule has 0 bridgehead atoms. The molecule has 1 aromatic carbocycles. The molecule has 1 aliphatic heterocycles. The monoisotopic (exact) mass is 306 g/mol. The van der Waals surface area contributed by atoms with Gasteiger partial charge in [-0.2, -0.15) is 0 Å². The quantitative estimate of drug-likeness (QED) is 0.896. The Kier molecular flexibility index (Phi) is 5.42. The lowest BCUT2D eigenvalue weighted by molar-refractivity contribution is -0.144. The van der Waals surface area contributed by atoms with E-state index < -0.39 is 0 Å². The normalized spacial score (nSPS) is 23.2. The second-order valence-electron chi connectivity index (χ2n) is 6.21. The number of rotatable bonds is 5. The van der Waals surface area contributed by atoms with E-state index in [0.29, 0.717) is 13.1 Å². The Labute approximate surface area is 132 Å². The number of hydrogen-bond donors (Lipinski definition) is 1. The van der Waals surface area contributed by atoms with Gasteiger partial charge in [0.2, 0.25) is 5.91 Å². The van der Waals surface area contributed by atoms with Gasteiger partial charge in [0, 0.05) is 20.1 Å². The number of nitrogens with zero attached hydrogens (tertiary/aromatic N) is 2. The summed E-state index contributed by atoms with van der Waals surface area (Å²) in [5.41, 5.74) is 1.11. The van der Waals surface area contributed by atoms with Gasteiger partial charge in [-0.1, -0.05) is 12.1 Å². The number of likely N-dealkylation sites (N-methyl/N-ethyl adjacent to an activating group) is 1. The summed E-state index contributed by atoms with van der Waals surface area (Å²) in [5.74, 6) is 0.949. The Morgan fingerprint density at radius 3 is 2.50 bits per heavy atom. The average Bonchev–Trinajstić information content (AvgIpc) is 2.49. The first-order valence-corrected chi connectivity index (χ1v) is 7.79. The first-order chi connectivity index (χ1) is 10.4. The second-order valence-corrected chi connectivity index (χ2v) is 6.21. The molecule has 1 aliphatic rings.